The maximum Gasteiger partial charge on any atom is 0.573 e. The molecule has 1 amide bonds. The van der Waals surface area contributed by atoms with Gasteiger partial charge in [-0.15, -0.1) is 13.2 Å². The van der Waals surface area contributed by atoms with Crippen LogP contribution in [0.5, 0.6) is 5.75 Å². The van der Waals surface area contributed by atoms with Gasteiger partial charge in [-0.1, -0.05) is 12.1 Å². The molecular weight excluding hydrogens is 495 g/mol. The molecule has 0 aliphatic carbocycles. The summed E-state index contributed by atoms with van der Waals surface area (Å²) in [6, 6.07) is 19.9. The molecule has 2 N–H and O–H groups in total. The standard InChI is InChI=1S/C28H26F3N5O2/c1-18-4-5-19(17-36(2)3)16-25(18)34-26(37)21-6-10-22(11-7-21)33-27-32-15-14-24(35-27)20-8-12-23(13-9-20)38-28(29,30)31/h4-16H,17H2,1-3H3,(H,34,37)(H,32,33,35). The van der Waals surface area contributed by atoms with E-state index in [0.29, 0.717) is 28.5 Å². The van der Waals surface area contributed by atoms with Gasteiger partial charge in [-0.2, -0.15) is 0 Å². The van der Waals surface area contributed by atoms with Crippen LogP contribution in [-0.2, 0) is 6.54 Å². The van der Waals surface area contributed by atoms with Crippen LogP contribution < -0.4 is 15.4 Å². The quantitative estimate of drug-likeness (QED) is 0.279. The van der Waals surface area contributed by atoms with Gasteiger partial charge in [0.15, 0.2) is 0 Å². The number of halogens is 3. The highest BCUT2D eigenvalue weighted by Crippen LogP contribution is 2.26. The van der Waals surface area contributed by atoms with Crippen LogP contribution in [-0.4, -0.2) is 41.2 Å². The minimum atomic E-state index is -4.75. The van der Waals surface area contributed by atoms with Crippen molar-refractivity contribution in [3.63, 3.8) is 0 Å². The number of benzene rings is 3. The average Bonchev–Trinajstić information content (AvgIpc) is 2.86. The Kier molecular flexibility index (Phi) is 7.92. The SMILES string of the molecule is Cc1ccc(CN(C)C)cc1NC(=O)c1ccc(Nc2nccc(-c3ccc(OC(F)(F)F)cc3)n2)cc1. The van der Waals surface area contributed by atoms with Crippen LogP contribution in [0.4, 0.5) is 30.5 Å². The van der Waals surface area contributed by atoms with E-state index >= 15 is 0 Å². The summed E-state index contributed by atoms with van der Waals surface area (Å²) < 4.78 is 41.1. The van der Waals surface area contributed by atoms with Gasteiger partial charge in [0.1, 0.15) is 5.75 Å². The highest BCUT2D eigenvalue weighted by molar-refractivity contribution is 6.04. The largest absolute Gasteiger partial charge is 0.573 e. The topological polar surface area (TPSA) is 79.4 Å². The Hall–Kier alpha value is -4.44. The van der Waals surface area contributed by atoms with E-state index in [1.807, 2.05) is 39.2 Å². The number of alkyl halides is 3. The van der Waals surface area contributed by atoms with Gasteiger partial charge in [0.25, 0.3) is 5.91 Å². The van der Waals surface area contributed by atoms with Gasteiger partial charge in [0.05, 0.1) is 5.69 Å². The molecule has 10 heteroatoms. The van der Waals surface area contributed by atoms with Gasteiger partial charge in [0.2, 0.25) is 5.95 Å². The van der Waals surface area contributed by atoms with Crippen LogP contribution in [0, 0.1) is 6.92 Å². The fraction of sp³-hybridized carbons (Fsp3) is 0.179. The van der Waals surface area contributed by atoms with Crippen LogP contribution >= 0.6 is 0 Å². The molecule has 1 heterocycles. The lowest BCUT2D eigenvalue weighted by Gasteiger charge is -2.14. The van der Waals surface area contributed by atoms with Crippen molar-refractivity contribution in [3.05, 3.63) is 95.7 Å². The van der Waals surface area contributed by atoms with Gasteiger partial charge in [-0.05, 0) is 92.8 Å². The Morgan fingerprint density at radius 3 is 2.34 bits per heavy atom. The molecule has 1 aromatic heterocycles. The third-order valence-corrected chi connectivity index (χ3v) is 5.49. The van der Waals surface area contributed by atoms with Crippen molar-refractivity contribution < 1.29 is 22.7 Å². The zero-order chi connectivity index (χ0) is 27.3. The van der Waals surface area contributed by atoms with Crippen molar-refractivity contribution in [1.29, 1.82) is 0 Å². The molecule has 7 nitrogen and oxygen atoms in total. The number of anilines is 3. The highest BCUT2D eigenvalue weighted by atomic mass is 19.4. The van der Waals surface area contributed by atoms with Crippen molar-refractivity contribution >= 4 is 23.2 Å². The smallest absolute Gasteiger partial charge is 0.406 e. The molecule has 0 saturated heterocycles. The van der Waals surface area contributed by atoms with Crippen LogP contribution in [0.3, 0.4) is 0 Å². The summed E-state index contributed by atoms with van der Waals surface area (Å²) in [5.41, 5.74) is 5.10. The predicted molar refractivity (Wildman–Crippen MR) is 140 cm³/mol. The second-order valence-corrected chi connectivity index (χ2v) is 8.88. The Labute approximate surface area is 218 Å². The molecule has 0 saturated carbocycles. The number of carbonyl (C=O) groups excluding carboxylic acids is 1. The monoisotopic (exact) mass is 521 g/mol. The number of nitrogens with one attached hydrogen (secondary N) is 2. The summed E-state index contributed by atoms with van der Waals surface area (Å²) in [7, 11) is 3.98. The van der Waals surface area contributed by atoms with Crippen molar-refractivity contribution in [3.8, 4) is 17.0 Å². The molecule has 0 fully saturated rings. The van der Waals surface area contributed by atoms with E-state index in [1.54, 1.807) is 36.5 Å². The number of aromatic nitrogens is 2. The van der Waals surface area contributed by atoms with Gasteiger partial charge < -0.3 is 20.3 Å². The van der Waals surface area contributed by atoms with E-state index < -0.39 is 6.36 Å². The van der Waals surface area contributed by atoms with Crippen LogP contribution in [0.2, 0.25) is 0 Å². The van der Waals surface area contributed by atoms with Crippen LogP contribution in [0.15, 0.2) is 79.0 Å². The molecule has 0 aliphatic heterocycles. The number of aryl methyl sites for hydroxylation is 1. The first kappa shape index (κ1) is 26.6. The molecule has 38 heavy (non-hydrogen) atoms. The highest BCUT2D eigenvalue weighted by Gasteiger charge is 2.31. The minimum absolute atomic E-state index is 0.224. The molecule has 196 valence electrons. The maximum absolute atomic E-state index is 12.8. The summed E-state index contributed by atoms with van der Waals surface area (Å²) in [6.45, 7) is 2.71. The first-order chi connectivity index (χ1) is 18.1. The first-order valence-electron chi connectivity index (χ1n) is 11.7. The van der Waals surface area contributed by atoms with Crippen LogP contribution in [0.25, 0.3) is 11.3 Å². The number of rotatable bonds is 8. The van der Waals surface area contributed by atoms with Gasteiger partial charge in [-0.3, -0.25) is 4.79 Å². The molecular formula is C28H26F3N5O2. The number of amides is 1. The lowest BCUT2D eigenvalue weighted by molar-refractivity contribution is -0.274. The third kappa shape index (κ3) is 7.30. The molecule has 0 aliphatic rings. The fourth-order valence-electron chi connectivity index (χ4n) is 3.70. The molecule has 4 aromatic rings. The molecule has 0 radical (unpaired) electrons. The second kappa shape index (κ2) is 11.3. The Bertz CT molecular complexity index is 1410. The number of hydrogen-bond donors (Lipinski definition) is 2. The van der Waals surface area contributed by atoms with E-state index in [1.165, 1.54) is 24.3 Å². The average molecular weight is 522 g/mol. The number of carbonyl (C=O) groups is 1. The summed E-state index contributed by atoms with van der Waals surface area (Å²) in [5.74, 6) is -0.240. The summed E-state index contributed by atoms with van der Waals surface area (Å²) >= 11 is 0. The van der Waals surface area contributed by atoms with Crippen molar-refractivity contribution in [2.75, 3.05) is 24.7 Å². The zero-order valence-corrected chi connectivity index (χ0v) is 21.0. The second-order valence-electron chi connectivity index (χ2n) is 8.88. The third-order valence-electron chi connectivity index (χ3n) is 5.49. The van der Waals surface area contributed by atoms with Crippen molar-refractivity contribution in [1.82, 2.24) is 14.9 Å². The normalized spacial score (nSPS) is 11.3. The molecule has 3 aromatic carbocycles. The molecule has 0 atom stereocenters. The van der Waals surface area contributed by atoms with Gasteiger partial charge >= 0.3 is 6.36 Å². The summed E-state index contributed by atoms with van der Waals surface area (Å²) in [6.07, 6.45) is -3.21. The lowest BCUT2D eigenvalue weighted by atomic mass is 10.1. The number of hydrogen-bond acceptors (Lipinski definition) is 6. The lowest BCUT2D eigenvalue weighted by Crippen LogP contribution is -2.16. The summed E-state index contributed by atoms with van der Waals surface area (Å²) in [4.78, 5) is 23.5. The molecule has 0 bridgehead atoms. The Morgan fingerprint density at radius 2 is 1.68 bits per heavy atom. The van der Waals surface area contributed by atoms with E-state index in [9.17, 15) is 18.0 Å². The number of nitrogens with zero attached hydrogens (tertiary/aromatic N) is 3. The van der Waals surface area contributed by atoms with E-state index in [2.05, 4.69) is 30.2 Å². The van der Waals surface area contributed by atoms with Crippen molar-refractivity contribution in [2.24, 2.45) is 0 Å². The first-order valence-corrected chi connectivity index (χ1v) is 11.7. The van der Waals surface area contributed by atoms with Gasteiger partial charge in [-0.25, -0.2) is 9.97 Å². The van der Waals surface area contributed by atoms with Gasteiger partial charge in [0, 0.05) is 35.2 Å². The van der Waals surface area contributed by atoms with Crippen LogP contribution in [0.1, 0.15) is 21.5 Å². The number of ether oxygens (including phenoxy) is 1. The fourth-order valence-corrected chi connectivity index (χ4v) is 3.70. The molecule has 0 spiro atoms. The predicted octanol–water partition coefficient (Wildman–Crippen LogP) is 6.41. The van der Waals surface area contributed by atoms with Crippen molar-refractivity contribution in [2.45, 2.75) is 19.8 Å². The van der Waals surface area contributed by atoms with E-state index in [-0.39, 0.29) is 11.7 Å². The minimum Gasteiger partial charge on any atom is -0.406 e. The van der Waals surface area contributed by atoms with E-state index in [0.717, 1.165) is 23.4 Å². The zero-order valence-electron chi connectivity index (χ0n) is 21.0. The maximum atomic E-state index is 12.8. The molecule has 4 rings (SSSR count). The van der Waals surface area contributed by atoms with E-state index in [4.69, 9.17) is 0 Å². The Morgan fingerprint density at radius 1 is 0.974 bits per heavy atom. The summed E-state index contributed by atoms with van der Waals surface area (Å²) in [5, 5.41) is 6.05. The Balaban J connectivity index is 1.42. The molecule has 0 unspecified atom stereocenters.